The molecule has 0 aliphatic rings. The minimum Gasteiger partial charge on any atom is -0.340 e. The van der Waals surface area contributed by atoms with Crippen LogP contribution >= 0.6 is 10.7 Å². The molecule has 3 rings (SSSR count). The highest BCUT2D eigenvalue weighted by atomic mass is 35.7. The van der Waals surface area contributed by atoms with E-state index in [4.69, 9.17) is 10.7 Å². The number of rotatable bonds is 5. The summed E-state index contributed by atoms with van der Waals surface area (Å²) in [5, 5.41) is 5.73. The minimum atomic E-state index is -3.79. The molecule has 0 unspecified atom stereocenters. The smallest absolute Gasteiger partial charge is 0.261 e. The molecule has 0 bridgehead atoms. The van der Waals surface area contributed by atoms with Gasteiger partial charge in [-0.2, -0.15) is 4.98 Å². The first-order valence-electron chi connectivity index (χ1n) is 7.18. The first-order valence-corrected chi connectivity index (χ1v) is 9.49. The highest BCUT2D eigenvalue weighted by Crippen LogP contribution is 2.21. The molecule has 26 heavy (non-hydrogen) atoms. The highest BCUT2D eigenvalue weighted by Gasteiger charge is 2.09. The van der Waals surface area contributed by atoms with Crippen molar-refractivity contribution in [2.24, 2.45) is 0 Å². The van der Waals surface area contributed by atoms with Gasteiger partial charge in [0, 0.05) is 34.3 Å². The zero-order valence-corrected chi connectivity index (χ0v) is 14.5. The Bertz CT molecular complexity index is 1050. The Balaban J connectivity index is 1.75. The van der Waals surface area contributed by atoms with Gasteiger partial charge in [0.05, 0.1) is 4.90 Å². The summed E-state index contributed by atoms with van der Waals surface area (Å²) in [7, 11) is 1.46. The van der Waals surface area contributed by atoms with E-state index in [9.17, 15) is 17.2 Å². The van der Waals surface area contributed by atoms with Gasteiger partial charge in [-0.05, 0) is 42.5 Å². The molecule has 0 radical (unpaired) electrons. The summed E-state index contributed by atoms with van der Waals surface area (Å²) < 4.78 is 48.7. The van der Waals surface area contributed by atoms with Gasteiger partial charge in [-0.1, -0.05) is 0 Å². The average Bonchev–Trinajstić information content (AvgIpc) is 2.58. The van der Waals surface area contributed by atoms with Crippen LogP contribution in [-0.2, 0) is 9.05 Å². The van der Waals surface area contributed by atoms with Gasteiger partial charge in [-0.25, -0.2) is 22.2 Å². The van der Waals surface area contributed by atoms with E-state index in [0.717, 1.165) is 12.1 Å². The molecule has 1 aromatic heterocycles. The maximum atomic E-state index is 13.3. The Hall–Kier alpha value is -2.78. The van der Waals surface area contributed by atoms with E-state index in [1.54, 1.807) is 6.07 Å². The summed E-state index contributed by atoms with van der Waals surface area (Å²) in [5.74, 6) is -1.34. The van der Waals surface area contributed by atoms with Crippen LogP contribution in [0.2, 0.25) is 0 Å². The van der Waals surface area contributed by atoms with Crippen molar-refractivity contribution in [2.75, 3.05) is 10.6 Å². The van der Waals surface area contributed by atoms with Gasteiger partial charge in [0.25, 0.3) is 9.05 Å². The molecular weight excluding hydrogens is 386 g/mol. The van der Waals surface area contributed by atoms with E-state index >= 15 is 0 Å². The van der Waals surface area contributed by atoms with Gasteiger partial charge in [0.1, 0.15) is 5.82 Å². The van der Waals surface area contributed by atoms with Crippen molar-refractivity contribution in [3.05, 3.63) is 66.4 Å². The van der Waals surface area contributed by atoms with Crippen LogP contribution in [0.25, 0.3) is 0 Å². The van der Waals surface area contributed by atoms with Crippen molar-refractivity contribution in [1.82, 2.24) is 9.97 Å². The predicted molar refractivity (Wildman–Crippen MR) is 94.4 cm³/mol. The van der Waals surface area contributed by atoms with Gasteiger partial charge in [0.15, 0.2) is 11.6 Å². The molecule has 0 aliphatic heterocycles. The van der Waals surface area contributed by atoms with Crippen molar-refractivity contribution >= 4 is 42.9 Å². The first-order chi connectivity index (χ1) is 12.3. The van der Waals surface area contributed by atoms with Gasteiger partial charge in [-0.3, -0.25) is 0 Å². The number of nitrogens with zero attached hydrogens (tertiary/aromatic N) is 2. The second kappa shape index (κ2) is 7.22. The third-order valence-corrected chi connectivity index (χ3v) is 4.61. The van der Waals surface area contributed by atoms with Crippen LogP contribution < -0.4 is 10.6 Å². The summed E-state index contributed by atoms with van der Waals surface area (Å²) in [4.78, 5) is 8.20. The summed E-state index contributed by atoms with van der Waals surface area (Å²) in [6.45, 7) is 0. The molecule has 3 aromatic rings. The van der Waals surface area contributed by atoms with Crippen LogP contribution in [0.5, 0.6) is 0 Å². The van der Waals surface area contributed by atoms with E-state index in [2.05, 4.69) is 20.6 Å². The fraction of sp³-hybridized carbons (Fsp3) is 0. The summed E-state index contributed by atoms with van der Waals surface area (Å²) >= 11 is 0. The van der Waals surface area contributed by atoms with Crippen LogP contribution in [-0.4, -0.2) is 18.4 Å². The zero-order valence-electron chi connectivity index (χ0n) is 12.9. The quantitative estimate of drug-likeness (QED) is 0.630. The molecule has 2 aromatic carbocycles. The van der Waals surface area contributed by atoms with Crippen molar-refractivity contribution < 1.29 is 17.2 Å². The van der Waals surface area contributed by atoms with Gasteiger partial charge in [-0.15, -0.1) is 0 Å². The third kappa shape index (κ3) is 4.44. The number of anilines is 4. The molecule has 0 saturated carbocycles. The molecule has 0 aliphatic carbocycles. The number of hydrogen-bond acceptors (Lipinski definition) is 6. The maximum Gasteiger partial charge on any atom is 0.261 e. The Morgan fingerprint density at radius 2 is 1.58 bits per heavy atom. The lowest BCUT2D eigenvalue weighted by molar-refractivity contribution is 0.509. The molecule has 6 nitrogen and oxygen atoms in total. The van der Waals surface area contributed by atoms with Crippen LogP contribution in [0.1, 0.15) is 0 Å². The summed E-state index contributed by atoms with van der Waals surface area (Å²) in [5.41, 5.74) is 0.865. The Kier molecular flexibility index (Phi) is 5.01. The second-order valence-corrected chi connectivity index (χ2v) is 7.67. The lowest BCUT2D eigenvalue weighted by Crippen LogP contribution is -2.01. The number of nitrogens with one attached hydrogen (secondary N) is 2. The van der Waals surface area contributed by atoms with Gasteiger partial charge >= 0.3 is 0 Å². The Morgan fingerprint density at radius 3 is 2.23 bits per heavy atom. The SMILES string of the molecule is O=S(=O)(Cl)c1ccc(Nc2nccc(Nc3ccc(F)c(F)c3)n2)cc1. The van der Waals surface area contributed by atoms with E-state index in [0.29, 0.717) is 17.2 Å². The van der Waals surface area contributed by atoms with Crippen molar-refractivity contribution in [2.45, 2.75) is 4.90 Å². The van der Waals surface area contributed by atoms with Gasteiger partial charge in [0.2, 0.25) is 5.95 Å². The van der Waals surface area contributed by atoms with Crippen molar-refractivity contribution in [1.29, 1.82) is 0 Å². The lowest BCUT2D eigenvalue weighted by Gasteiger charge is -2.09. The molecular formula is C16H11ClF2N4O2S. The summed E-state index contributed by atoms with van der Waals surface area (Å²) in [6, 6.07) is 10.6. The van der Waals surface area contributed by atoms with E-state index in [1.807, 2.05) is 0 Å². The van der Waals surface area contributed by atoms with Crippen molar-refractivity contribution in [3.63, 3.8) is 0 Å². The standard InChI is InChI=1S/C16H11ClF2N4O2S/c17-26(24,25)12-4-1-10(2-5-12)22-16-20-8-7-15(23-16)21-11-3-6-13(18)14(19)9-11/h1-9H,(H2,20,21,22,23). The normalized spacial score (nSPS) is 11.2. The summed E-state index contributed by atoms with van der Waals surface area (Å²) in [6.07, 6.45) is 1.47. The molecule has 1 heterocycles. The molecule has 0 atom stereocenters. The monoisotopic (exact) mass is 396 g/mol. The predicted octanol–water partition coefficient (Wildman–Crippen LogP) is 4.17. The molecule has 0 saturated heterocycles. The van der Waals surface area contributed by atoms with Crippen LogP contribution in [0.3, 0.4) is 0 Å². The van der Waals surface area contributed by atoms with E-state index in [1.165, 1.54) is 36.5 Å². The molecule has 0 spiro atoms. The molecule has 134 valence electrons. The maximum absolute atomic E-state index is 13.3. The first kappa shape index (κ1) is 18.0. The zero-order chi connectivity index (χ0) is 18.7. The largest absolute Gasteiger partial charge is 0.340 e. The van der Waals surface area contributed by atoms with E-state index in [-0.39, 0.29) is 10.8 Å². The molecule has 10 heteroatoms. The number of aromatic nitrogens is 2. The Morgan fingerprint density at radius 1 is 0.885 bits per heavy atom. The Labute approximate surface area is 152 Å². The van der Waals surface area contributed by atoms with E-state index < -0.39 is 20.7 Å². The van der Waals surface area contributed by atoms with Crippen LogP contribution in [0.15, 0.2) is 59.6 Å². The fourth-order valence-corrected chi connectivity index (χ4v) is 2.81. The molecule has 2 N–H and O–H groups in total. The highest BCUT2D eigenvalue weighted by molar-refractivity contribution is 8.13. The lowest BCUT2D eigenvalue weighted by atomic mass is 10.3. The second-order valence-electron chi connectivity index (χ2n) is 5.11. The molecule has 0 fully saturated rings. The number of benzene rings is 2. The van der Waals surface area contributed by atoms with Crippen LogP contribution in [0.4, 0.5) is 31.9 Å². The number of hydrogen-bond donors (Lipinski definition) is 2. The topological polar surface area (TPSA) is 84.0 Å². The van der Waals surface area contributed by atoms with Crippen LogP contribution in [0, 0.1) is 11.6 Å². The molecule has 0 amide bonds. The van der Waals surface area contributed by atoms with Crippen molar-refractivity contribution in [3.8, 4) is 0 Å². The fourth-order valence-electron chi connectivity index (χ4n) is 2.04. The number of halogens is 3. The average molecular weight is 397 g/mol. The minimum absolute atomic E-state index is 0.0283. The van der Waals surface area contributed by atoms with Gasteiger partial charge < -0.3 is 10.6 Å². The third-order valence-electron chi connectivity index (χ3n) is 3.24.